The summed E-state index contributed by atoms with van der Waals surface area (Å²) in [5.74, 6) is 1.03. The molecule has 0 fully saturated rings. The third kappa shape index (κ3) is 2.74. The van der Waals surface area contributed by atoms with E-state index in [9.17, 15) is 0 Å². The summed E-state index contributed by atoms with van der Waals surface area (Å²) in [4.78, 5) is 0. The van der Waals surface area contributed by atoms with Crippen LogP contribution in [0.25, 0.3) is 0 Å². The zero-order chi connectivity index (χ0) is 13.9. The van der Waals surface area contributed by atoms with Gasteiger partial charge in [0.1, 0.15) is 11.9 Å². The lowest BCUT2D eigenvalue weighted by Crippen LogP contribution is -2.34. The van der Waals surface area contributed by atoms with Gasteiger partial charge in [0.2, 0.25) is 0 Å². The van der Waals surface area contributed by atoms with Gasteiger partial charge in [0, 0.05) is 10.9 Å². The SMILES string of the molecule is CCNC(c1ccc(Br)cc1)C1Cc2ccccc2O1. The first-order valence-corrected chi connectivity index (χ1v) is 7.80. The zero-order valence-electron chi connectivity index (χ0n) is 11.5. The van der Waals surface area contributed by atoms with E-state index in [1.807, 2.05) is 6.07 Å². The van der Waals surface area contributed by atoms with Crippen LogP contribution in [0, 0.1) is 0 Å². The highest BCUT2D eigenvalue weighted by Crippen LogP contribution is 2.34. The van der Waals surface area contributed by atoms with Crippen molar-refractivity contribution < 1.29 is 4.74 Å². The maximum absolute atomic E-state index is 6.13. The molecular weight excluding hydrogens is 314 g/mol. The maximum Gasteiger partial charge on any atom is 0.123 e. The van der Waals surface area contributed by atoms with E-state index in [0.717, 1.165) is 23.2 Å². The molecular formula is C17H18BrNO. The van der Waals surface area contributed by atoms with Crippen LogP contribution < -0.4 is 10.1 Å². The van der Waals surface area contributed by atoms with Crippen molar-refractivity contribution in [3.8, 4) is 5.75 Å². The monoisotopic (exact) mass is 331 g/mol. The fourth-order valence-electron chi connectivity index (χ4n) is 2.75. The number of fused-ring (bicyclic) bond motifs is 1. The summed E-state index contributed by atoms with van der Waals surface area (Å²) in [5, 5.41) is 3.55. The molecule has 0 spiro atoms. The predicted octanol–water partition coefficient (Wildman–Crippen LogP) is 4.10. The van der Waals surface area contributed by atoms with Crippen LogP contribution in [0.1, 0.15) is 24.1 Å². The van der Waals surface area contributed by atoms with E-state index in [1.165, 1.54) is 11.1 Å². The molecule has 0 bridgehead atoms. The molecule has 0 saturated carbocycles. The fourth-order valence-corrected chi connectivity index (χ4v) is 3.01. The Labute approximate surface area is 128 Å². The zero-order valence-corrected chi connectivity index (χ0v) is 13.1. The number of likely N-dealkylation sites (N-methyl/N-ethyl adjacent to an activating group) is 1. The first-order chi connectivity index (χ1) is 9.78. The second-order valence-corrected chi connectivity index (χ2v) is 5.97. The second kappa shape index (κ2) is 5.98. The smallest absolute Gasteiger partial charge is 0.123 e. The molecule has 1 aliphatic rings. The van der Waals surface area contributed by atoms with Crippen molar-refractivity contribution in [1.82, 2.24) is 5.32 Å². The molecule has 2 nitrogen and oxygen atoms in total. The minimum absolute atomic E-state index is 0.161. The van der Waals surface area contributed by atoms with Gasteiger partial charge < -0.3 is 10.1 Å². The Kier molecular flexibility index (Phi) is 4.08. The summed E-state index contributed by atoms with van der Waals surface area (Å²) >= 11 is 3.49. The molecule has 0 aromatic heterocycles. The molecule has 0 radical (unpaired) electrons. The quantitative estimate of drug-likeness (QED) is 0.910. The highest BCUT2D eigenvalue weighted by molar-refractivity contribution is 9.10. The third-order valence-corrected chi connectivity index (χ3v) is 4.23. The highest BCUT2D eigenvalue weighted by atomic mass is 79.9. The molecule has 2 aromatic carbocycles. The summed E-state index contributed by atoms with van der Waals surface area (Å²) in [5.41, 5.74) is 2.57. The summed E-state index contributed by atoms with van der Waals surface area (Å²) in [7, 11) is 0. The lowest BCUT2D eigenvalue weighted by atomic mass is 9.97. The topological polar surface area (TPSA) is 21.3 Å². The third-order valence-electron chi connectivity index (χ3n) is 3.70. The van der Waals surface area contributed by atoms with Gasteiger partial charge >= 0.3 is 0 Å². The van der Waals surface area contributed by atoms with Gasteiger partial charge in [-0.2, -0.15) is 0 Å². The van der Waals surface area contributed by atoms with Gasteiger partial charge in [0.25, 0.3) is 0 Å². The van der Waals surface area contributed by atoms with Crippen LogP contribution in [0.2, 0.25) is 0 Å². The summed E-state index contributed by atoms with van der Waals surface area (Å²) in [6.45, 7) is 3.06. The van der Waals surface area contributed by atoms with Crippen molar-refractivity contribution in [3.63, 3.8) is 0 Å². The molecule has 20 heavy (non-hydrogen) atoms. The molecule has 3 heteroatoms. The second-order valence-electron chi connectivity index (χ2n) is 5.06. The summed E-state index contributed by atoms with van der Waals surface area (Å²) in [6, 6.07) is 17.0. The molecule has 2 aromatic rings. The Morgan fingerprint density at radius 3 is 2.65 bits per heavy atom. The van der Waals surface area contributed by atoms with Crippen molar-refractivity contribution in [1.29, 1.82) is 0 Å². The molecule has 104 valence electrons. The Balaban J connectivity index is 1.84. The molecule has 1 heterocycles. The van der Waals surface area contributed by atoms with Gasteiger partial charge in [-0.25, -0.2) is 0 Å². The number of ether oxygens (including phenoxy) is 1. The molecule has 3 rings (SSSR count). The number of rotatable bonds is 4. The average molecular weight is 332 g/mol. The summed E-state index contributed by atoms with van der Waals surface area (Å²) < 4.78 is 7.24. The molecule has 1 aliphatic heterocycles. The highest BCUT2D eigenvalue weighted by Gasteiger charge is 2.30. The standard InChI is InChI=1S/C17H18BrNO/c1-2-19-17(12-7-9-14(18)10-8-12)16-11-13-5-3-4-6-15(13)20-16/h3-10,16-17,19H,2,11H2,1H3. The van der Waals surface area contributed by atoms with Gasteiger partial charge in [0.15, 0.2) is 0 Å². The van der Waals surface area contributed by atoms with Gasteiger partial charge in [-0.05, 0) is 35.9 Å². The van der Waals surface area contributed by atoms with E-state index in [4.69, 9.17) is 4.74 Å². The number of benzene rings is 2. The van der Waals surface area contributed by atoms with Crippen LogP contribution in [-0.4, -0.2) is 12.6 Å². The predicted molar refractivity (Wildman–Crippen MR) is 85.1 cm³/mol. The van der Waals surface area contributed by atoms with Crippen LogP contribution in [0.5, 0.6) is 5.75 Å². The van der Waals surface area contributed by atoms with Crippen LogP contribution in [0.15, 0.2) is 53.0 Å². The molecule has 1 N–H and O–H groups in total. The van der Waals surface area contributed by atoms with Crippen molar-refractivity contribution in [2.45, 2.75) is 25.5 Å². The van der Waals surface area contributed by atoms with E-state index in [0.29, 0.717) is 0 Å². The average Bonchev–Trinajstić information content (AvgIpc) is 2.89. The van der Waals surface area contributed by atoms with E-state index in [-0.39, 0.29) is 12.1 Å². The minimum atomic E-state index is 0.161. The van der Waals surface area contributed by atoms with E-state index in [2.05, 4.69) is 70.6 Å². The minimum Gasteiger partial charge on any atom is -0.488 e. The van der Waals surface area contributed by atoms with Gasteiger partial charge in [-0.3, -0.25) is 0 Å². The van der Waals surface area contributed by atoms with Crippen LogP contribution in [0.3, 0.4) is 0 Å². The van der Waals surface area contributed by atoms with Gasteiger partial charge in [-0.15, -0.1) is 0 Å². The number of para-hydroxylation sites is 1. The normalized spacial score (nSPS) is 18.4. The largest absolute Gasteiger partial charge is 0.488 e. The molecule has 0 amide bonds. The lowest BCUT2D eigenvalue weighted by molar-refractivity contribution is 0.180. The lowest BCUT2D eigenvalue weighted by Gasteiger charge is -2.24. The molecule has 2 atom stereocenters. The van der Waals surface area contributed by atoms with Gasteiger partial charge in [0.05, 0.1) is 6.04 Å². The van der Waals surface area contributed by atoms with Gasteiger partial charge in [-0.1, -0.05) is 53.2 Å². The van der Waals surface area contributed by atoms with Crippen LogP contribution in [-0.2, 0) is 6.42 Å². The maximum atomic E-state index is 6.13. The summed E-state index contributed by atoms with van der Waals surface area (Å²) in [6.07, 6.45) is 1.12. The van der Waals surface area contributed by atoms with E-state index in [1.54, 1.807) is 0 Å². The number of halogens is 1. The molecule has 0 aliphatic carbocycles. The Morgan fingerprint density at radius 1 is 1.20 bits per heavy atom. The van der Waals surface area contributed by atoms with Crippen molar-refractivity contribution >= 4 is 15.9 Å². The Bertz CT molecular complexity index is 557. The first kappa shape index (κ1) is 13.7. The number of hydrogen-bond donors (Lipinski definition) is 1. The fraction of sp³-hybridized carbons (Fsp3) is 0.294. The van der Waals surface area contributed by atoms with Crippen molar-refractivity contribution in [2.24, 2.45) is 0 Å². The van der Waals surface area contributed by atoms with Crippen molar-refractivity contribution in [3.05, 3.63) is 64.1 Å². The molecule has 2 unspecified atom stereocenters. The molecule has 0 saturated heterocycles. The van der Waals surface area contributed by atoms with E-state index < -0.39 is 0 Å². The van der Waals surface area contributed by atoms with Crippen LogP contribution >= 0.6 is 15.9 Å². The van der Waals surface area contributed by atoms with Crippen LogP contribution in [0.4, 0.5) is 0 Å². The Hall–Kier alpha value is -1.32. The number of hydrogen-bond acceptors (Lipinski definition) is 2. The first-order valence-electron chi connectivity index (χ1n) is 7.01. The van der Waals surface area contributed by atoms with E-state index >= 15 is 0 Å². The van der Waals surface area contributed by atoms with Crippen molar-refractivity contribution in [2.75, 3.05) is 6.54 Å². The Morgan fingerprint density at radius 2 is 1.95 bits per heavy atom. The number of nitrogens with one attached hydrogen (secondary N) is 1.